The smallest absolute Gasteiger partial charge is 0.00494 e. The molecule has 2 heteroatoms. The van der Waals surface area contributed by atoms with Gasteiger partial charge < -0.3 is 5.73 Å². The zero-order valence-corrected chi connectivity index (χ0v) is 9.67. The third kappa shape index (κ3) is 1.79. The summed E-state index contributed by atoms with van der Waals surface area (Å²) in [5, 5.41) is 0. The summed E-state index contributed by atoms with van der Waals surface area (Å²) in [5.41, 5.74) is 8.04. The lowest BCUT2D eigenvalue weighted by molar-refractivity contribution is -0.00819. The summed E-state index contributed by atoms with van der Waals surface area (Å²) >= 11 is 0. The van der Waals surface area contributed by atoms with Crippen molar-refractivity contribution in [2.45, 2.75) is 37.6 Å². The van der Waals surface area contributed by atoms with Gasteiger partial charge in [-0.05, 0) is 42.6 Å². The molecule has 82 valence electrons. The van der Waals surface area contributed by atoms with E-state index >= 15 is 0 Å². The van der Waals surface area contributed by atoms with Crippen LogP contribution >= 0.6 is 12.4 Å². The molecule has 0 saturated heterocycles. The molecule has 0 aliphatic heterocycles. The van der Waals surface area contributed by atoms with E-state index in [0.717, 1.165) is 5.92 Å². The minimum absolute atomic E-state index is 0. The third-order valence-corrected chi connectivity index (χ3v) is 4.02. The molecule has 0 unspecified atom stereocenters. The van der Waals surface area contributed by atoms with Gasteiger partial charge in [0.25, 0.3) is 0 Å². The van der Waals surface area contributed by atoms with Gasteiger partial charge in [0.1, 0.15) is 0 Å². The van der Waals surface area contributed by atoms with Gasteiger partial charge >= 0.3 is 0 Å². The molecular weight excluding hydrogens is 206 g/mol. The van der Waals surface area contributed by atoms with E-state index in [9.17, 15) is 0 Å². The molecule has 0 bridgehead atoms. The van der Waals surface area contributed by atoms with Crippen molar-refractivity contribution >= 4 is 12.4 Å². The zero-order valence-electron chi connectivity index (χ0n) is 8.86. The first-order valence-corrected chi connectivity index (χ1v) is 5.58. The van der Waals surface area contributed by atoms with Crippen LogP contribution in [0.2, 0.25) is 0 Å². The fraction of sp³-hybridized carbons (Fsp3) is 0.538. The van der Waals surface area contributed by atoms with E-state index in [0.29, 0.717) is 11.5 Å². The molecule has 2 aliphatic rings. The summed E-state index contributed by atoms with van der Waals surface area (Å²) in [6, 6.07) is 11.4. The topological polar surface area (TPSA) is 26.0 Å². The SMILES string of the molecule is Cl.NC1CC2(C1)CC(c1ccccc1)C2. The molecule has 2 N–H and O–H groups in total. The highest BCUT2D eigenvalue weighted by Crippen LogP contribution is 2.61. The summed E-state index contributed by atoms with van der Waals surface area (Å²) in [6.45, 7) is 0. The van der Waals surface area contributed by atoms with Crippen LogP contribution in [0.15, 0.2) is 30.3 Å². The molecule has 1 nitrogen and oxygen atoms in total. The van der Waals surface area contributed by atoms with Crippen molar-refractivity contribution in [3.63, 3.8) is 0 Å². The van der Waals surface area contributed by atoms with Crippen LogP contribution in [0.3, 0.4) is 0 Å². The Balaban J connectivity index is 0.000000853. The van der Waals surface area contributed by atoms with Crippen LogP contribution in [0.5, 0.6) is 0 Å². The number of hydrogen-bond acceptors (Lipinski definition) is 1. The Kier molecular flexibility index (Phi) is 2.78. The van der Waals surface area contributed by atoms with E-state index in [4.69, 9.17) is 5.73 Å². The summed E-state index contributed by atoms with van der Waals surface area (Å²) in [7, 11) is 0. The van der Waals surface area contributed by atoms with Crippen LogP contribution < -0.4 is 5.73 Å². The van der Waals surface area contributed by atoms with E-state index < -0.39 is 0 Å². The highest BCUT2D eigenvalue weighted by molar-refractivity contribution is 5.85. The molecule has 0 heterocycles. The zero-order chi connectivity index (χ0) is 9.60. The first kappa shape index (κ1) is 11.0. The summed E-state index contributed by atoms with van der Waals surface area (Å²) in [6.07, 6.45) is 5.31. The lowest BCUT2D eigenvalue weighted by Gasteiger charge is -2.57. The van der Waals surface area contributed by atoms with E-state index in [-0.39, 0.29) is 12.4 Å². The van der Waals surface area contributed by atoms with E-state index in [1.54, 1.807) is 0 Å². The molecule has 0 radical (unpaired) electrons. The van der Waals surface area contributed by atoms with Crippen LogP contribution in [0, 0.1) is 5.41 Å². The standard InChI is InChI=1S/C13H17N.ClH/c14-12-8-13(9-12)6-11(7-13)10-4-2-1-3-5-10;/h1-5,11-12H,6-9,14H2;1H. The van der Waals surface area contributed by atoms with Crippen LogP contribution in [0.1, 0.15) is 37.2 Å². The highest BCUT2D eigenvalue weighted by atomic mass is 35.5. The van der Waals surface area contributed by atoms with Crippen LogP contribution in [0.25, 0.3) is 0 Å². The number of rotatable bonds is 1. The third-order valence-electron chi connectivity index (χ3n) is 4.02. The number of halogens is 1. The molecule has 1 spiro atoms. The average molecular weight is 224 g/mol. The quantitative estimate of drug-likeness (QED) is 0.778. The van der Waals surface area contributed by atoms with Crippen molar-refractivity contribution in [2.75, 3.05) is 0 Å². The Labute approximate surface area is 97.5 Å². The Hall–Kier alpha value is -0.530. The molecule has 2 saturated carbocycles. The fourth-order valence-corrected chi connectivity index (χ4v) is 3.33. The molecule has 1 aromatic rings. The molecular formula is C13H18ClN. The number of nitrogens with two attached hydrogens (primary N) is 1. The first-order valence-electron chi connectivity index (χ1n) is 5.58. The van der Waals surface area contributed by atoms with Crippen molar-refractivity contribution in [1.82, 2.24) is 0 Å². The maximum absolute atomic E-state index is 5.85. The molecule has 0 atom stereocenters. The highest BCUT2D eigenvalue weighted by Gasteiger charge is 2.51. The Morgan fingerprint density at radius 3 is 2.13 bits per heavy atom. The molecule has 1 aromatic carbocycles. The second-order valence-electron chi connectivity index (χ2n) is 5.18. The van der Waals surface area contributed by atoms with E-state index in [1.165, 1.54) is 31.2 Å². The van der Waals surface area contributed by atoms with Crippen molar-refractivity contribution in [2.24, 2.45) is 11.1 Å². The van der Waals surface area contributed by atoms with Gasteiger partial charge in [0.15, 0.2) is 0 Å². The van der Waals surface area contributed by atoms with Gasteiger partial charge in [-0.2, -0.15) is 0 Å². The van der Waals surface area contributed by atoms with Crippen LogP contribution in [0.4, 0.5) is 0 Å². The maximum Gasteiger partial charge on any atom is 0.00494 e. The molecule has 0 amide bonds. The summed E-state index contributed by atoms with van der Waals surface area (Å²) in [4.78, 5) is 0. The van der Waals surface area contributed by atoms with Crippen LogP contribution in [-0.4, -0.2) is 6.04 Å². The normalized spacial score (nSPS) is 37.7. The van der Waals surface area contributed by atoms with E-state index in [1.807, 2.05) is 0 Å². The van der Waals surface area contributed by atoms with Crippen molar-refractivity contribution < 1.29 is 0 Å². The molecule has 0 aromatic heterocycles. The summed E-state index contributed by atoms with van der Waals surface area (Å²) in [5.74, 6) is 0.823. The fourth-order valence-electron chi connectivity index (χ4n) is 3.33. The molecule has 2 fully saturated rings. The number of benzene rings is 1. The first-order chi connectivity index (χ1) is 6.77. The predicted octanol–water partition coefficient (Wildman–Crippen LogP) is 3.09. The van der Waals surface area contributed by atoms with Crippen molar-refractivity contribution in [3.8, 4) is 0 Å². The van der Waals surface area contributed by atoms with Gasteiger partial charge in [-0.3, -0.25) is 0 Å². The maximum atomic E-state index is 5.85. The van der Waals surface area contributed by atoms with Crippen LogP contribution in [-0.2, 0) is 0 Å². The molecule has 15 heavy (non-hydrogen) atoms. The Morgan fingerprint density at radius 1 is 1.00 bits per heavy atom. The van der Waals surface area contributed by atoms with Gasteiger partial charge in [0.05, 0.1) is 0 Å². The second-order valence-corrected chi connectivity index (χ2v) is 5.18. The van der Waals surface area contributed by atoms with Gasteiger partial charge in [-0.15, -0.1) is 12.4 Å². The monoisotopic (exact) mass is 223 g/mol. The molecule has 3 rings (SSSR count). The summed E-state index contributed by atoms with van der Waals surface area (Å²) < 4.78 is 0. The van der Waals surface area contributed by atoms with Crippen molar-refractivity contribution in [1.29, 1.82) is 0 Å². The van der Waals surface area contributed by atoms with Gasteiger partial charge in [-0.25, -0.2) is 0 Å². The molecule has 2 aliphatic carbocycles. The Bertz CT molecular complexity index is 322. The van der Waals surface area contributed by atoms with E-state index in [2.05, 4.69) is 30.3 Å². The Morgan fingerprint density at radius 2 is 1.60 bits per heavy atom. The van der Waals surface area contributed by atoms with Crippen molar-refractivity contribution in [3.05, 3.63) is 35.9 Å². The largest absolute Gasteiger partial charge is 0.328 e. The van der Waals surface area contributed by atoms with Gasteiger partial charge in [0, 0.05) is 6.04 Å². The minimum Gasteiger partial charge on any atom is -0.328 e. The van der Waals surface area contributed by atoms with Gasteiger partial charge in [0.2, 0.25) is 0 Å². The predicted molar refractivity (Wildman–Crippen MR) is 65.3 cm³/mol. The average Bonchev–Trinajstić information content (AvgIpc) is 2.10. The lowest BCUT2D eigenvalue weighted by Crippen LogP contribution is -2.52. The second kappa shape index (κ2) is 3.80. The van der Waals surface area contributed by atoms with Gasteiger partial charge in [-0.1, -0.05) is 30.3 Å². The lowest BCUT2D eigenvalue weighted by atomic mass is 9.49. The minimum atomic E-state index is 0. The number of hydrogen-bond donors (Lipinski definition) is 1.